The zero-order chi connectivity index (χ0) is 17.8. The van der Waals surface area contributed by atoms with Crippen molar-refractivity contribution < 1.29 is 0 Å². The first kappa shape index (κ1) is 15.6. The maximum Gasteiger partial charge on any atom is 0.134 e. The van der Waals surface area contributed by atoms with E-state index in [9.17, 15) is 0 Å². The first-order chi connectivity index (χ1) is 11.3. The normalized spacial score (nSPS) is 11.1. The minimum Gasteiger partial charge on any atom is -0.383 e. The van der Waals surface area contributed by atoms with Gasteiger partial charge in [-0.25, -0.2) is 9.97 Å². The smallest absolute Gasteiger partial charge is 0.134 e. The third-order valence-electron chi connectivity index (χ3n) is 4.49. The molecule has 0 radical (unpaired) electrons. The molecule has 6 nitrogen and oxygen atoms in total. The summed E-state index contributed by atoms with van der Waals surface area (Å²) >= 11 is 0. The Morgan fingerprint density at radius 2 is 0.958 bits per heavy atom. The number of anilines is 4. The number of nitrogen functional groups attached to an aromatic ring is 4. The van der Waals surface area contributed by atoms with E-state index in [2.05, 4.69) is 23.1 Å². The van der Waals surface area contributed by atoms with Gasteiger partial charge < -0.3 is 22.9 Å². The number of rotatable bonds is 2. The monoisotopic (exact) mass is 320 g/mol. The fraction of sp³-hybridized carbons (Fsp3) is 0.111. The molecule has 0 aliphatic heterocycles. The molecule has 0 unspecified atom stereocenters. The molecule has 0 aliphatic rings. The molecule has 0 atom stereocenters. The Labute approximate surface area is 139 Å². The van der Waals surface area contributed by atoms with Crippen molar-refractivity contribution in [3.8, 4) is 0 Å². The highest BCUT2D eigenvalue weighted by Gasteiger charge is 2.21. The largest absolute Gasteiger partial charge is 0.383 e. The van der Waals surface area contributed by atoms with Crippen LogP contribution >= 0.6 is 0 Å². The Hall–Kier alpha value is -3.28. The van der Waals surface area contributed by atoms with Crippen molar-refractivity contribution in [2.45, 2.75) is 13.8 Å². The summed E-state index contributed by atoms with van der Waals surface area (Å²) in [6, 6.07) is 0. The molecule has 3 rings (SSSR count). The molecule has 0 amide bonds. The molecule has 0 bridgehead atoms. The summed E-state index contributed by atoms with van der Waals surface area (Å²) in [6.45, 7) is 11.6. The van der Waals surface area contributed by atoms with Crippen LogP contribution in [0.1, 0.15) is 22.3 Å². The highest BCUT2D eigenvalue weighted by molar-refractivity contribution is 6.17. The number of nitrogens with two attached hydrogens (primary N) is 4. The van der Waals surface area contributed by atoms with Crippen molar-refractivity contribution in [3.05, 3.63) is 35.4 Å². The number of pyridine rings is 2. The molecular weight excluding hydrogens is 300 g/mol. The van der Waals surface area contributed by atoms with Crippen molar-refractivity contribution in [2.24, 2.45) is 0 Å². The molecule has 2 aromatic heterocycles. The SMILES string of the molecule is C=Cc1c(N)nc(N)c2c(C)c3c(C=C)c(N)nc(N)c3c(C)c12. The van der Waals surface area contributed by atoms with Gasteiger partial charge in [0.2, 0.25) is 0 Å². The molecule has 1 aromatic carbocycles. The Kier molecular flexibility index (Phi) is 3.33. The fourth-order valence-corrected chi connectivity index (χ4v) is 3.47. The average molecular weight is 320 g/mol. The van der Waals surface area contributed by atoms with Gasteiger partial charge in [0.15, 0.2) is 0 Å². The van der Waals surface area contributed by atoms with Crippen LogP contribution in [0.2, 0.25) is 0 Å². The van der Waals surface area contributed by atoms with E-state index in [1.54, 1.807) is 12.2 Å². The average Bonchev–Trinajstić information content (AvgIpc) is 2.51. The van der Waals surface area contributed by atoms with E-state index in [0.717, 1.165) is 43.8 Å². The van der Waals surface area contributed by atoms with Gasteiger partial charge in [-0.1, -0.05) is 25.3 Å². The molecule has 2 heterocycles. The van der Waals surface area contributed by atoms with Crippen LogP contribution in [0.25, 0.3) is 33.7 Å². The third-order valence-corrected chi connectivity index (χ3v) is 4.49. The Balaban J connectivity index is 2.80. The van der Waals surface area contributed by atoms with Gasteiger partial charge in [0.25, 0.3) is 0 Å². The number of hydrogen-bond donors (Lipinski definition) is 4. The molecule has 8 N–H and O–H groups in total. The topological polar surface area (TPSA) is 130 Å². The minimum atomic E-state index is 0.336. The van der Waals surface area contributed by atoms with Gasteiger partial charge in [0.1, 0.15) is 23.3 Å². The fourth-order valence-electron chi connectivity index (χ4n) is 3.47. The van der Waals surface area contributed by atoms with E-state index >= 15 is 0 Å². The lowest BCUT2D eigenvalue weighted by molar-refractivity contribution is 1.33. The summed E-state index contributed by atoms with van der Waals surface area (Å²) < 4.78 is 0. The van der Waals surface area contributed by atoms with Crippen LogP contribution in [0.5, 0.6) is 0 Å². The summed E-state index contributed by atoms with van der Waals surface area (Å²) in [6.07, 6.45) is 3.36. The molecular formula is C18H20N6. The molecule has 122 valence electrons. The maximum atomic E-state index is 6.18. The van der Waals surface area contributed by atoms with Crippen molar-refractivity contribution in [2.75, 3.05) is 22.9 Å². The van der Waals surface area contributed by atoms with E-state index < -0.39 is 0 Å². The lowest BCUT2D eigenvalue weighted by atomic mass is 9.89. The van der Waals surface area contributed by atoms with Crippen LogP contribution in [-0.4, -0.2) is 9.97 Å². The zero-order valence-corrected chi connectivity index (χ0v) is 13.8. The predicted molar refractivity (Wildman–Crippen MR) is 104 cm³/mol. The second-order valence-electron chi connectivity index (χ2n) is 5.75. The molecule has 3 aromatic rings. The van der Waals surface area contributed by atoms with Crippen LogP contribution in [0.3, 0.4) is 0 Å². The summed E-state index contributed by atoms with van der Waals surface area (Å²) in [7, 11) is 0. The molecule has 0 saturated heterocycles. The number of fused-ring (bicyclic) bond motifs is 2. The summed E-state index contributed by atoms with van der Waals surface area (Å²) in [4.78, 5) is 8.52. The van der Waals surface area contributed by atoms with Crippen LogP contribution in [0.15, 0.2) is 13.2 Å². The minimum absolute atomic E-state index is 0.336. The highest BCUT2D eigenvalue weighted by Crippen LogP contribution is 2.42. The van der Waals surface area contributed by atoms with Gasteiger partial charge in [0.05, 0.1) is 0 Å². The maximum absolute atomic E-state index is 6.18. The molecule has 0 fully saturated rings. The summed E-state index contributed by atoms with van der Waals surface area (Å²) in [5, 5.41) is 3.40. The second kappa shape index (κ2) is 5.13. The first-order valence-corrected chi connectivity index (χ1v) is 7.44. The van der Waals surface area contributed by atoms with E-state index in [1.165, 1.54) is 0 Å². The van der Waals surface area contributed by atoms with E-state index in [0.29, 0.717) is 23.3 Å². The van der Waals surface area contributed by atoms with Crippen molar-refractivity contribution in [1.29, 1.82) is 0 Å². The van der Waals surface area contributed by atoms with Crippen LogP contribution in [-0.2, 0) is 0 Å². The second-order valence-corrected chi connectivity index (χ2v) is 5.75. The molecule has 0 spiro atoms. The van der Waals surface area contributed by atoms with Gasteiger partial charge in [-0.2, -0.15) is 0 Å². The third kappa shape index (κ3) is 1.83. The first-order valence-electron chi connectivity index (χ1n) is 7.44. The summed E-state index contributed by atoms with van der Waals surface area (Å²) in [5.74, 6) is 1.39. The lowest BCUT2D eigenvalue weighted by Crippen LogP contribution is -2.07. The standard InChI is InChI=1S/C18H20N6/c1-5-9-11-7(3)14-12(10(6-2)16(20)24-18(14)22)8(4)13(11)17(21)23-15(9)19/h5-6H,1-2H2,3-4H3,(H4,19,21,23)(H4,20,22,24). The number of benzene rings is 1. The number of hydrogen-bond acceptors (Lipinski definition) is 6. The van der Waals surface area contributed by atoms with Crippen molar-refractivity contribution in [1.82, 2.24) is 9.97 Å². The Morgan fingerprint density at radius 3 is 1.25 bits per heavy atom. The number of nitrogens with zero attached hydrogens (tertiary/aromatic N) is 2. The summed E-state index contributed by atoms with van der Waals surface area (Å²) in [5.41, 5.74) is 27.7. The Bertz CT molecular complexity index is 964. The predicted octanol–water partition coefficient (Wildman–Crippen LogP) is 3.01. The van der Waals surface area contributed by atoms with Crippen molar-refractivity contribution in [3.63, 3.8) is 0 Å². The van der Waals surface area contributed by atoms with Crippen LogP contribution in [0.4, 0.5) is 23.3 Å². The quantitative estimate of drug-likeness (QED) is 0.537. The van der Waals surface area contributed by atoms with Gasteiger partial charge >= 0.3 is 0 Å². The van der Waals surface area contributed by atoms with Gasteiger partial charge in [-0.3, -0.25) is 0 Å². The van der Waals surface area contributed by atoms with Crippen molar-refractivity contribution >= 4 is 57.0 Å². The number of aromatic nitrogens is 2. The molecule has 6 heteroatoms. The molecule has 24 heavy (non-hydrogen) atoms. The van der Waals surface area contributed by atoms with E-state index in [1.807, 2.05) is 13.8 Å². The van der Waals surface area contributed by atoms with Gasteiger partial charge in [-0.05, 0) is 25.0 Å². The van der Waals surface area contributed by atoms with Gasteiger partial charge in [0, 0.05) is 32.7 Å². The Morgan fingerprint density at radius 1 is 0.625 bits per heavy atom. The molecule has 0 saturated carbocycles. The van der Waals surface area contributed by atoms with E-state index in [-0.39, 0.29) is 0 Å². The van der Waals surface area contributed by atoms with E-state index in [4.69, 9.17) is 22.9 Å². The zero-order valence-electron chi connectivity index (χ0n) is 13.8. The number of aryl methyl sites for hydroxylation is 2. The van der Waals surface area contributed by atoms with Gasteiger partial charge in [-0.15, -0.1) is 0 Å². The lowest BCUT2D eigenvalue weighted by Gasteiger charge is -2.19. The van der Waals surface area contributed by atoms with Crippen LogP contribution in [0, 0.1) is 13.8 Å². The highest BCUT2D eigenvalue weighted by atomic mass is 14.9. The molecule has 0 aliphatic carbocycles. The van der Waals surface area contributed by atoms with Crippen LogP contribution < -0.4 is 22.9 Å².